The van der Waals surface area contributed by atoms with Crippen LogP contribution in [0.15, 0.2) is 29.2 Å². The van der Waals surface area contributed by atoms with Gasteiger partial charge in [0.15, 0.2) is 9.84 Å². The quantitative estimate of drug-likeness (QED) is 0.736. The van der Waals surface area contributed by atoms with Crippen LogP contribution in [-0.2, 0) is 14.6 Å². The summed E-state index contributed by atoms with van der Waals surface area (Å²) < 4.78 is 30.5. The molecule has 3 rings (SSSR count). The summed E-state index contributed by atoms with van der Waals surface area (Å²) in [6.07, 6.45) is 1.55. The third kappa shape index (κ3) is 4.67. The Kier molecular flexibility index (Phi) is 6.83. The molecule has 1 N–H and O–H groups in total. The van der Waals surface area contributed by atoms with Crippen molar-refractivity contribution in [3.05, 3.63) is 29.8 Å². The van der Waals surface area contributed by atoms with Gasteiger partial charge in [-0.2, -0.15) is 11.8 Å². The zero-order valence-corrected chi connectivity index (χ0v) is 17.4. The van der Waals surface area contributed by atoms with Crippen LogP contribution in [-0.4, -0.2) is 74.9 Å². The van der Waals surface area contributed by atoms with Crippen LogP contribution in [0.2, 0.25) is 0 Å². The molecule has 1 unspecified atom stereocenters. The fraction of sp³-hybridized carbons (Fsp3) is 0.632. The lowest BCUT2D eigenvalue weighted by molar-refractivity contribution is -0.0129. The summed E-state index contributed by atoms with van der Waals surface area (Å²) in [5.41, 5.74) is 0.176. The number of carbonyl (C=O) groups excluding carboxylic acids is 1. The Bertz CT molecular complexity index is 755. The summed E-state index contributed by atoms with van der Waals surface area (Å²) in [7, 11) is -3.45. The predicted octanol–water partition coefficient (Wildman–Crippen LogP) is 1.81. The number of hydrogen-bond donors (Lipinski definition) is 1. The molecule has 0 aliphatic carbocycles. The minimum atomic E-state index is -3.45. The molecular weight excluding hydrogens is 384 g/mol. The average Bonchev–Trinajstić information content (AvgIpc) is 3.17. The molecule has 0 aromatic heterocycles. The van der Waals surface area contributed by atoms with E-state index in [0.29, 0.717) is 13.0 Å². The van der Waals surface area contributed by atoms with Crippen molar-refractivity contribution in [2.45, 2.75) is 30.2 Å². The third-order valence-electron chi connectivity index (χ3n) is 5.28. The van der Waals surface area contributed by atoms with Gasteiger partial charge in [-0.05, 0) is 30.7 Å². The minimum Gasteiger partial charge on any atom is -0.379 e. The van der Waals surface area contributed by atoms with Crippen LogP contribution in [0.25, 0.3) is 0 Å². The molecular formula is C19H28N2O4S2. The lowest BCUT2D eigenvalue weighted by atomic mass is 9.95. The number of hydrogen-bond acceptors (Lipinski definition) is 6. The van der Waals surface area contributed by atoms with Gasteiger partial charge in [-0.25, -0.2) is 8.42 Å². The van der Waals surface area contributed by atoms with Gasteiger partial charge < -0.3 is 10.1 Å². The van der Waals surface area contributed by atoms with E-state index in [1.165, 1.54) is 6.07 Å². The standard InChI is InChI=1S/C19H28N2O4S2/c1-2-13-27(23,24)17-6-4-3-5-16(17)18(22)20-14-19(7-12-26-15-19)21-8-10-25-11-9-21/h3-6H,2,7-15H2,1H3,(H,20,22). The Labute approximate surface area is 165 Å². The van der Waals surface area contributed by atoms with E-state index in [0.717, 1.165) is 44.2 Å². The van der Waals surface area contributed by atoms with Crippen molar-refractivity contribution in [3.63, 3.8) is 0 Å². The van der Waals surface area contributed by atoms with Gasteiger partial charge in [0, 0.05) is 30.9 Å². The van der Waals surface area contributed by atoms with E-state index in [-0.39, 0.29) is 27.7 Å². The smallest absolute Gasteiger partial charge is 0.252 e. The van der Waals surface area contributed by atoms with Crippen molar-refractivity contribution in [1.82, 2.24) is 10.2 Å². The maximum absolute atomic E-state index is 12.9. The van der Waals surface area contributed by atoms with Crippen molar-refractivity contribution < 1.29 is 17.9 Å². The van der Waals surface area contributed by atoms with Crippen molar-refractivity contribution in [2.24, 2.45) is 0 Å². The first kappa shape index (κ1) is 20.6. The fourth-order valence-electron chi connectivity index (χ4n) is 3.78. The summed E-state index contributed by atoms with van der Waals surface area (Å²) in [6.45, 7) is 5.54. The summed E-state index contributed by atoms with van der Waals surface area (Å²) in [4.78, 5) is 15.4. The van der Waals surface area contributed by atoms with Gasteiger partial charge in [0.1, 0.15) is 0 Å². The third-order valence-corrected chi connectivity index (χ3v) is 8.49. The van der Waals surface area contributed by atoms with Crippen LogP contribution in [0.4, 0.5) is 0 Å². The molecule has 150 valence electrons. The molecule has 2 fully saturated rings. The van der Waals surface area contributed by atoms with Crippen molar-refractivity contribution in [2.75, 3.05) is 50.1 Å². The summed E-state index contributed by atoms with van der Waals surface area (Å²) in [6, 6.07) is 6.51. The van der Waals surface area contributed by atoms with E-state index in [1.807, 2.05) is 18.7 Å². The number of nitrogens with zero attached hydrogens (tertiary/aromatic N) is 1. The van der Waals surface area contributed by atoms with Crippen LogP contribution >= 0.6 is 11.8 Å². The maximum Gasteiger partial charge on any atom is 0.252 e. The highest BCUT2D eigenvalue weighted by Crippen LogP contribution is 2.33. The Balaban J connectivity index is 1.75. The number of nitrogens with one attached hydrogen (secondary N) is 1. The molecule has 0 bridgehead atoms. The largest absolute Gasteiger partial charge is 0.379 e. The first-order valence-corrected chi connectivity index (χ1v) is 12.3. The minimum absolute atomic E-state index is 0.0473. The molecule has 27 heavy (non-hydrogen) atoms. The molecule has 2 aliphatic rings. The Morgan fingerprint density at radius 2 is 2.04 bits per heavy atom. The molecule has 2 heterocycles. The van der Waals surface area contributed by atoms with Gasteiger partial charge in [0.25, 0.3) is 5.91 Å². The van der Waals surface area contributed by atoms with E-state index in [9.17, 15) is 13.2 Å². The van der Waals surface area contributed by atoms with Crippen molar-refractivity contribution in [1.29, 1.82) is 0 Å². The number of amides is 1. The molecule has 2 aliphatic heterocycles. The van der Waals surface area contributed by atoms with Gasteiger partial charge in [0.05, 0.1) is 29.4 Å². The van der Waals surface area contributed by atoms with Gasteiger partial charge >= 0.3 is 0 Å². The van der Waals surface area contributed by atoms with E-state index in [4.69, 9.17) is 4.74 Å². The van der Waals surface area contributed by atoms with E-state index >= 15 is 0 Å². The number of benzene rings is 1. The van der Waals surface area contributed by atoms with E-state index < -0.39 is 9.84 Å². The van der Waals surface area contributed by atoms with Gasteiger partial charge in [0.2, 0.25) is 0 Å². The molecule has 0 spiro atoms. The number of morpholine rings is 1. The SMILES string of the molecule is CCCS(=O)(=O)c1ccccc1C(=O)NCC1(N2CCOCC2)CCSC1. The molecule has 8 heteroatoms. The predicted molar refractivity (Wildman–Crippen MR) is 108 cm³/mol. The van der Waals surface area contributed by atoms with E-state index in [2.05, 4.69) is 10.2 Å². The molecule has 0 saturated carbocycles. The summed E-state index contributed by atoms with van der Waals surface area (Å²) >= 11 is 1.91. The first-order chi connectivity index (χ1) is 13.0. The molecule has 6 nitrogen and oxygen atoms in total. The Morgan fingerprint density at radius 1 is 1.30 bits per heavy atom. The lowest BCUT2D eigenvalue weighted by Gasteiger charge is -2.43. The monoisotopic (exact) mass is 412 g/mol. The van der Waals surface area contributed by atoms with Crippen molar-refractivity contribution in [3.8, 4) is 0 Å². The Morgan fingerprint density at radius 3 is 2.70 bits per heavy atom. The second-order valence-electron chi connectivity index (χ2n) is 7.12. The Hall–Kier alpha value is -1.09. The van der Waals surface area contributed by atoms with Crippen LogP contribution < -0.4 is 5.32 Å². The number of thioether (sulfide) groups is 1. The molecule has 0 radical (unpaired) electrons. The molecule has 1 atom stereocenters. The zero-order chi connectivity index (χ0) is 19.3. The molecule has 1 amide bonds. The topological polar surface area (TPSA) is 75.7 Å². The van der Waals surface area contributed by atoms with Crippen LogP contribution in [0, 0.1) is 0 Å². The van der Waals surface area contributed by atoms with Crippen LogP contribution in [0.5, 0.6) is 0 Å². The second kappa shape index (κ2) is 8.94. The number of sulfone groups is 1. The van der Waals surface area contributed by atoms with E-state index in [1.54, 1.807) is 18.2 Å². The van der Waals surface area contributed by atoms with Gasteiger partial charge in [-0.1, -0.05) is 19.1 Å². The van der Waals surface area contributed by atoms with Crippen LogP contribution in [0.1, 0.15) is 30.1 Å². The van der Waals surface area contributed by atoms with Gasteiger partial charge in [-0.3, -0.25) is 9.69 Å². The van der Waals surface area contributed by atoms with Gasteiger partial charge in [-0.15, -0.1) is 0 Å². The first-order valence-electron chi connectivity index (χ1n) is 9.49. The summed E-state index contributed by atoms with van der Waals surface area (Å²) in [5, 5.41) is 3.03. The highest BCUT2D eigenvalue weighted by atomic mass is 32.2. The number of carbonyl (C=O) groups is 1. The molecule has 2 saturated heterocycles. The number of rotatable bonds is 7. The normalized spacial score (nSPS) is 24.0. The maximum atomic E-state index is 12.9. The van der Waals surface area contributed by atoms with Crippen LogP contribution in [0.3, 0.4) is 0 Å². The second-order valence-corrected chi connectivity index (χ2v) is 10.3. The summed E-state index contributed by atoms with van der Waals surface area (Å²) in [5.74, 6) is 1.79. The highest BCUT2D eigenvalue weighted by molar-refractivity contribution is 7.99. The molecule has 1 aromatic carbocycles. The van der Waals surface area contributed by atoms with Crippen molar-refractivity contribution >= 4 is 27.5 Å². The zero-order valence-electron chi connectivity index (χ0n) is 15.8. The average molecular weight is 413 g/mol. The molecule has 1 aromatic rings. The highest BCUT2D eigenvalue weighted by Gasteiger charge is 2.41. The fourth-order valence-corrected chi connectivity index (χ4v) is 6.80. The lowest BCUT2D eigenvalue weighted by Crippen LogP contribution is -2.59. The number of ether oxygens (including phenoxy) is 1.